The molecule has 0 aliphatic rings. The topological polar surface area (TPSA) is 30.3 Å². The molecule has 49 heavy (non-hydrogen) atoms. The fourth-order valence-electron chi connectivity index (χ4n) is 6.76. The third-order valence-electron chi connectivity index (χ3n) is 8.91. The number of hydrogen-bond acceptors (Lipinski definition) is 5. The van der Waals surface area contributed by atoms with Gasteiger partial charge in [-0.1, -0.05) is 78.3 Å². The van der Waals surface area contributed by atoms with E-state index in [0.29, 0.717) is 10.6 Å². The average molecular weight is 684 g/mol. The predicted molar refractivity (Wildman–Crippen MR) is 211 cm³/mol. The minimum atomic E-state index is 0.638. The smallest absolute Gasteiger partial charge is 0.0998 e. The summed E-state index contributed by atoms with van der Waals surface area (Å²) < 4.78 is 4.57. The van der Waals surface area contributed by atoms with Crippen LogP contribution in [0.1, 0.15) is 5.56 Å². The summed E-state index contributed by atoms with van der Waals surface area (Å²) in [5, 5.41) is 14.8. The Labute approximate surface area is 296 Å². The van der Waals surface area contributed by atoms with Crippen LogP contribution in [-0.2, 0) is 0 Å². The van der Waals surface area contributed by atoms with E-state index in [1.807, 2.05) is 35.6 Å². The molecule has 0 aliphatic heterocycles. The van der Waals surface area contributed by atoms with Crippen molar-refractivity contribution in [3.8, 4) is 6.07 Å². The summed E-state index contributed by atoms with van der Waals surface area (Å²) in [5.74, 6) is 0. The lowest BCUT2D eigenvalue weighted by Gasteiger charge is -2.26. The van der Waals surface area contributed by atoms with Crippen molar-refractivity contribution in [2.45, 2.75) is 0 Å². The molecular weight excluding hydrogens is 658 g/mol. The molecule has 9 rings (SSSR count). The van der Waals surface area contributed by atoms with Crippen LogP contribution < -0.4 is 9.80 Å². The van der Waals surface area contributed by atoms with Gasteiger partial charge in [-0.2, -0.15) is 5.26 Å². The van der Waals surface area contributed by atoms with Gasteiger partial charge >= 0.3 is 0 Å². The number of anilines is 6. The highest BCUT2D eigenvalue weighted by Crippen LogP contribution is 2.47. The molecular formula is C43H26ClN3S2. The first-order chi connectivity index (χ1) is 24.2. The van der Waals surface area contributed by atoms with Crippen LogP contribution in [-0.4, -0.2) is 0 Å². The minimum absolute atomic E-state index is 0.638. The maximum atomic E-state index is 9.83. The second kappa shape index (κ2) is 12.1. The van der Waals surface area contributed by atoms with Crippen LogP contribution >= 0.6 is 34.3 Å². The Hall–Kier alpha value is -5.64. The van der Waals surface area contributed by atoms with E-state index in [-0.39, 0.29) is 0 Å². The maximum absolute atomic E-state index is 9.83. The number of rotatable bonds is 6. The van der Waals surface area contributed by atoms with E-state index < -0.39 is 0 Å². The van der Waals surface area contributed by atoms with Crippen LogP contribution in [0.25, 0.3) is 40.3 Å². The lowest BCUT2D eigenvalue weighted by molar-refractivity contribution is 1.29. The monoisotopic (exact) mass is 683 g/mol. The second-order valence-corrected chi connectivity index (χ2v) is 14.4. The summed E-state index contributed by atoms with van der Waals surface area (Å²) in [4.78, 5) is 4.57. The van der Waals surface area contributed by atoms with E-state index in [9.17, 15) is 5.26 Å². The molecule has 0 amide bonds. The first kappa shape index (κ1) is 29.5. The highest BCUT2D eigenvalue weighted by molar-refractivity contribution is 7.26. The maximum Gasteiger partial charge on any atom is 0.0998 e. The van der Waals surface area contributed by atoms with Gasteiger partial charge in [0.2, 0.25) is 0 Å². The van der Waals surface area contributed by atoms with E-state index >= 15 is 0 Å². The van der Waals surface area contributed by atoms with Crippen LogP contribution in [0, 0.1) is 11.3 Å². The van der Waals surface area contributed by atoms with Gasteiger partial charge in [0, 0.05) is 74.5 Å². The van der Waals surface area contributed by atoms with Crippen molar-refractivity contribution >= 4 is 109 Å². The van der Waals surface area contributed by atoms with E-state index in [1.54, 1.807) is 11.3 Å². The molecule has 0 radical (unpaired) electrons. The Kier molecular flexibility index (Phi) is 7.29. The van der Waals surface area contributed by atoms with Crippen LogP contribution in [0.2, 0.25) is 5.02 Å². The molecule has 6 heteroatoms. The molecule has 0 atom stereocenters. The molecule has 232 valence electrons. The van der Waals surface area contributed by atoms with Crippen molar-refractivity contribution in [3.63, 3.8) is 0 Å². The summed E-state index contributed by atoms with van der Waals surface area (Å²) in [6.07, 6.45) is 0. The largest absolute Gasteiger partial charge is 0.310 e. The van der Waals surface area contributed by atoms with E-state index in [2.05, 4.69) is 149 Å². The Morgan fingerprint density at radius 1 is 0.429 bits per heavy atom. The van der Waals surface area contributed by atoms with Gasteiger partial charge in [-0.15, -0.1) is 22.7 Å². The van der Waals surface area contributed by atoms with Gasteiger partial charge in [-0.05, 0) is 91.0 Å². The van der Waals surface area contributed by atoms with Crippen molar-refractivity contribution in [2.24, 2.45) is 0 Å². The molecule has 0 N–H and O–H groups in total. The standard InChI is InChI=1S/C43H26ClN3S2/c44-37-24-34(26-41-43(37)42-28(27-45)11-10-18-39(42)49-41)47(31-16-8-3-9-17-31)33-19-21-35-36-23-32(20-22-38(36)48-40(35)25-33)46(29-12-4-1-5-13-29)30-14-6-2-7-15-30/h1-26H. The zero-order chi connectivity index (χ0) is 32.9. The van der Waals surface area contributed by atoms with Gasteiger partial charge in [0.05, 0.1) is 16.7 Å². The molecule has 2 aromatic heterocycles. The zero-order valence-corrected chi connectivity index (χ0v) is 28.4. The summed E-state index contributed by atoms with van der Waals surface area (Å²) >= 11 is 10.6. The average Bonchev–Trinajstić information content (AvgIpc) is 3.71. The lowest BCUT2D eigenvalue weighted by Crippen LogP contribution is -2.09. The molecule has 0 bridgehead atoms. The fraction of sp³-hybridized carbons (Fsp3) is 0. The highest BCUT2D eigenvalue weighted by atomic mass is 35.5. The summed E-state index contributed by atoms with van der Waals surface area (Å²) in [7, 11) is 0. The zero-order valence-electron chi connectivity index (χ0n) is 26.0. The van der Waals surface area contributed by atoms with Crippen molar-refractivity contribution in [1.82, 2.24) is 0 Å². The highest BCUT2D eigenvalue weighted by Gasteiger charge is 2.20. The van der Waals surface area contributed by atoms with Crippen LogP contribution in [0.4, 0.5) is 34.1 Å². The third-order valence-corrected chi connectivity index (χ3v) is 11.4. The first-order valence-electron chi connectivity index (χ1n) is 15.9. The first-order valence-corrected chi connectivity index (χ1v) is 17.9. The Morgan fingerprint density at radius 2 is 1.00 bits per heavy atom. The number of nitrogens with zero attached hydrogens (tertiary/aromatic N) is 3. The molecule has 0 saturated heterocycles. The van der Waals surface area contributed by atoms with Gasteiger partial charge in [0.15, 0.2) is 0 Å². The van der Waals surface area contributed by atoms with E-state index in [4.69, 9.17) is 11.6 Å². The predicted octanol–water partition coefficient (Wildman–Crippen LogP) is 13.9. The number of fused-ring (bicyclic) bond motifs is 6. The summed E-state index contributed by atoms with van der Waals surface area (Å²) in [6, 6.07) is 57.4. The van der Waals surface area contributed by atoms with Crippen molar-refractivity contribution in [2.75, 3.05) is 9.80 Å². The molecule has 0 saturated carbocycles. The van der Waals surface area contributed by atoms with Crippen molar-refractivity contribution < 1.29 is 0 Å². The van der Waals surface area contributed by atoms with Crippen LogP contribution in [0.15, 0.2) is 158 Å². The normalized spacial score (nSPS) is 11.3. The molecule has 7 aromatic carbocycles. The van der Waals surface area contributed by atoms with E-state index in [0.717, 1.165) is 54.3 Å². The number of hydrogen-bond donors (Lipinski definition) is 0. The molecule has 0 unspecified atom stereocenters. The Balaban J connectivity index is 1.19. The van der Waals surface area contributed by atoms with Gasteiger partial charge in [-0.3, -0.25) is 0 Å². The second-order valence-electron chi connectivity index (χ2n) is 11.8. The Bertz CT molecular complexity index is 2660. The SMILES string of the molecule is N#Cc1cccc2sc3cc(N(c4ccccc4)c4ccc5c(c4)sc4ccc(N(c6ccccc6)c6ccccc6)cc45)cc(Cl)c3c12. The fourth-order valence-corrected chi connectivity index (χ4v) is 9.44. The lowest BCUT2D eigenvalue weighted by atomic mass is 10.1. The Morgan fingerprint density at radius 3 is 1.65 bits per heavy atom. The molecule has 0 spiro atoms. The van der Waals surface area contributed by atoms with Crippen molar-refractivity contribution in [3.05, 3.63) is 168 Å². The van der Waals surface area contributed by atoms with Gasteiger partial charge < -0.3 is 9.80 Å². The third kappa shape index (κ3) is 5.10. The number of benzene rings is 7. The molecule has 3 nitrogen and oxygen atoms in total. The van der Waals surface area contributed by atoms with Gasteiger partial charge in [0.25, 0.3) is 0 Å². The van der Waals surface area contributed by atoms with Crippen LogP contribution in [0.3, 0.4) is 0 Å². The van der Waals surface area contributed by atoms with E-state index in [1.165, 1.54) is 20.2 Å². The molecule has 2 heterocycles. The molecule has 0 aliphatic carbocycles. The number of nitriles is 1. The van der Waals surface area contributed by atoms with Gasteiger partial charge in [0.1, 0.15) is 0 Å². The molecule has 0 fully saturated rings. The van der Waals surface area contributed by atoms with Crippen molar-refractivity contribution in [1.29, 1.82) is 5.26 Å². The van der Waals surface area contributed by atoms with Gasteiger partial charge in [-0.25, -0.2) is 0 Å². The van der Waals surface area contributed by atoms with Crippen LogP contribution in [0.5, 0.6) is 0 Å². The number of para-hydroxylation sites is 3. The molecule has 9 aromatic rings. The minimum Gasteiger partial charge on any atom is -0.310 e. The quantitative estimate of drug-likeness (QED) is 0.175. The number of halogens is 1. The summed E-state index contributed by atoms with van der Waals surface area (Å²) in [5.41, 5.74) is 7.06. The number of thiophene rings is 2. The summed E-state index contributed by atoms with van der Waals surface area (Å²) in [6.45, 7) is 0.